The first kappa shape index (κ1) is 13.2. The molecule has 0 amide bonds. The number of methoxy groups -OCH3 is 1. The van der Waals surface area contributed by atoms with E-state index in [1.54, 1.807) is 7.11 Å². The molecule has 15 heavy (non-hydrogen) atoms. The smallest absolute Gasteiger partial charge is 0.0706 e. The minimum Gasteiger partial charge on any atom is -0.383 e. The van der Waals surface area contributed by atoms with Gasteiger partial charge in [0.05, 0.1) is 18.8 Å². The van der Waals surface area contributed by atoms with Crippen LogP contribution in [0.3, 0.4) is 0 Å². The summed E-state index contributed by atoms with van der Waals surface area (Å²) in [6.45, 7) is 5.75. The van der Waals surface area contributed by atoms with Crippen LogP contribution < -0.4 is 0 Å². The fraction of sp³-hybridized carbons (Fsp3) is 1.00. The molecule has 1 aliphatic rings. The van der Waals surface area contributed by atoms with E-state index < -0.39 is 0 Å². The third-order valence-electron chi connectivity index (χ3n) is 2.79. The zero-order chi connectivity index (χ0) is 11.1. The third-order valence-corrected chi connectivity index (χ3v) is 2.96. The molecular weight excluding hydrogens is 214 g/mol. The molecule has 0 aromatic carbocycles. The van der Waals surface area contributed by atoms with Crippen LogP contribution in [0, 0.1) is 0 Å². The van der Waals surface area contributed by atoms with Gasteiger partial charge in [-0.25, -0.2) is 0 Å². The lowest BCUT2D eigenvalue weighted by molar-refractivity contribution is 0.0275. The molecule has 0 aliphatic carbocycles. The van der Waals surface area contributed by atoms with E-state index in [-0.39, 0.29) is 0 Å². The molecular formula is C11H22ClNO2. The number of rotatable bonds is 7. The first-order chi connectivity index (χ1) is 7.26. The maximum Gasteiger partial charge on any atom is 0.0706 e. The van der Waals surface area contributed by atoms with E-state index in [2.05, 4.69) is 11.8 Å². The summed E-state index contributed by atoms with van der Waals surface area (Å²) in [6.07, 6.45) is 3.17. The first-order valence-electron chi connectivity index (χ1n) is 5.69. The number of alkyl halides is 1. The van der Waals surface area contributed by atoms with Crippen molar-refractivity contribution in [1.82, 2.24) is 4.90 Å². The van der Waals surface area contributed by atoms with Gasteiger partial charge in [-0.1, -0.05) is 0 Å². The summed E-state index contributed by atoms with van der Waals surface area (Å²) < 4.78 is 10.9. The Kier molecular flexibility index (Phi) is 6.57. The van der Waals surface area contributed by atoms with Gasteiger partial charge in [0.2, 0.25) is 0 Å². The standard InChI is InChI=1S/C11H22ClNO2/c1-10-3-4-11(15-10)9-13(6-5-12)7-8-14-2/h10-11H,3-9H2,1-2H3. The molecule has 4 heteroatoms. The van der Waals surface area contributed by atoms with Crippen LogP contribution in [0.25, 0.3) is 0 Å². The van der Waals surface area contributed by atoms with Crippen molar-refractivity contribution in [3.05, 3.63) is 0 Å². The molecule has 0 bridgehead atoms. The topological polar surface area (TPSA) is 21.7 Å². The summed E-state index contributed by atoms with van der Waals surface area (Å²) >= 11 is 5.77. The van der Waals surface area contributed by atoms with Gasteiger partial charge in [0.25, 0.3) is 0 Å². The minimum absolute atomic E-state index is 0.389. The Morgan fingerprint density at radius 3 is 2.73 bits per heavy atom. The number of hydrogen-bond acceptors (Lipinski definition) is 3. The van der Waals surface area contributed by atoms with Gasteiger partial charge in [-0.2, -0.15) is 0 Å². The highest BCUT2D eigenvalue weighted by Gasteiger charge is 2.23. The Morgan fingerprint density at radius 2 is 2.20 bits per heavy atom. The van der Waals surface area contributed by atoms with E-state index in [1.165, 1.54) is 12.8 Å². The molecule has 1 heterocycles. The van der Waals surface area contributed by atoms with Crippen LogP contribution in [-0.2, 0) is 9.47 Å². The van der Waals surface area contributed by atoms with Crippen molar-refractivity contribution in [1.29, 1.82) is 0 Å². The van der Waals surface area contributed by atoms with Gasteiger partial charge in [-0.15, -0.1) is 11.6 Å². The number of ether oxygens (including phenoxy) is 2. The molecule has 2 atom stereocenters. The third kappa shape index (κ3) is 5.16. The molecule has 90 valence electrons. The average Bonchev–Trinajstić information content (AvgIpc) is 2.61. The van der Waals surface area contributed by atoms with Gasteiger partial charge in [0, 0.05) is 32.6 Å². The van der Waals surface area contributed by atoms with Crippen LogP contribution in [0.2, 0.25) is 0 Å². The van der Waals surface area contributed by atoms with Crippen LogP contribution in [-0.4, -0.2) is 56.3 Å². The van der Waals surface area contributed by atoms with Crippen LogP contribution in [0.5, 0.6) is 0 Å². The molecule has 2 unspecified atom stereocenters. The van der Waals surface area contributed by atoms with Crippen molar-refractivity contribution in [3.63, 3.8) is 0 Å². The van der Waals surface area contributed by atoms with Gasteiger partial charge in [-0.3, -0.25) is 4.90 Å². The van der Waals surface area contributed by atoms with Crippen molar-refractivity contribution >= 4 is 11.6 Å². The predicted molar refractivity (Wildman–Crippen MR) is 62.6 cm³/mol. The van der Waals surface area contributed by atoms with E-state index in [1.807, 2.05) is 0 Å². The Morgan fingerprint density at radius 1 is 1.40 bits per heavy atom. The van der Waals surface area contributed by atoms with Crippen molar-refractivity contribution in [2.45, 2.75) is 32.0 Å². The Balaban J connectivity index is 2.23. The fourth-order valence-electron chi connectivity index (χ4n) is 1.94. The summed E-state index contributed by atoms with van der Waals surface area (Å²) in [5.41, 5.74) is 0. The molecule has 0 N–H and O–H groups in total. The van der Waals surface area contributed by atoms with Crippen molar-refractivity contribution in [2.75, 3.05) is 39.2 Å². The second kappa shape index (κ2) is 7.44. The van der Waals surface area contributed by atoms with Crippen LogP contribution >= 0.6 is 11.6 Å². The monoisotopic (exact) mass is 235 g/mol. The Bertz CT molecular complexity index is 169. The Hall–Kier alpha value is 0.170. The van der Waals surface area contributed by atoms with E-state index >= 15 is 0 Å². The van der Waals surface area contributed by atoms with E-state index in [0.717, 1.165) is 26.2 Å². The highest BCUT2D eigenvalue weighted by molar-refractivity contribution is 6.18. The molecule has 1 fully saturated rings. The highest BCUT2D eigenvalue weighted by atomic mass is 35.5. The van der Waals surface area contributed by atoms with Crippen LogP contribution in [0.1, 0.15) is 19.8 Å². The molecule has 1 aliphatic heterocycles. The fourth-order valence-corrected chi connectivity index (χ4v) is 2.18. The largest absolute Gasteiger partial charge is 0.383 e. The molecule has 1 saturated heterocycles. The van der Waals surface area contributed by atoms with Gasteiger partial charge in [-0.05, 0) is 19.8 Å². The maximum absolute atomic E-state index is 5.79. The van der Waals surface area contributed by atoms with Gasteiger partial charge in [0.1, 0.15) is 0 Å². The average molecular weight is 236 g/mol. The summed E-state index contributed by atoms with van der Waals surface area (Å²) in [5, 5.41) is 0. The number of hydrogen-bond donors (Lipinski definition) is 0. The second-order valence-electron chi connectivity index (χ2n) is 4.13. The summed E-state index contributed by atoms with van der Waals surface area (Å²) in [4.78, 5) is 2.32. The predicted octanol–water partition coefficient (Wildman–Crippen LogP) is 1.74. The summed E-state index contributed by atoms with van der Waals surface area (Å²) in [6, 6.07) is 0. The van der Waals surface area contributed by atoms with Crippen molar-refractivity contribution < 1.29 is 9.47 Å². The lowest BCUT2D eigenvalue weighted by Crippen LogP contribution is -2.36. The van der Waals surface area contributed by atoms with Crippen LogP contribution in [0.4, 0.5) is 0 Å². The second-order valence-corrected chi connectivity index (χ2v) is 4.51. The Labute approximate surface area is 97.7 Å². The van der Waals surface area contributed by atoms with E-state index in [0.29, 0.717) is 18.1 Å². The van der Waals surface area contributed by atoms with Crippen molar-refractivity contribution in [2.24, 2.45) is 0 Å². The van der Waals surface area contributed by atoms with Crippen molar-refractivity contribution in [3.8, 4) is 0 Å². The zero-order valence-electron chi connectivity index (χ0n) is 9.75. The lowest BCUT2D eigenvalue weighted by Gasteiger charge is -2.24. The number of nitrogens with zero attached hydrogens (tertiary/aromatic N) is 1. The van der Waals surface area contributed by atoms with Gasteiger partial charge >= 0.3 is 0 Å². The highest BCUT2D eigenvalue weighted by Crippen LogP contribution is 2.19. The molecule has 0 radical (unpaired) electrons. The SMILES string of the molecule is COCCN(CCCl)CC1CCC(C)O1. The van der Waals surface area contributed by atoms with E-state index in [9.17, 15) is 0 Å². The van der Waals surface area contributed by atoms with Gasteiger partial charge < -0.3 is 9.47 Å². The normalized spacial score (nSPS) is 26.4. The molecule has 0 saturated carbocycles. The molecule has 0 spiro atoms. The number of halogens is 1. The molecule has 1 rings (SSSR count). The van der Waals surface area contributed by atoms with E-state index in [4.69, 9.17) is 21.1 Å². The first-order valence-corrected chi connectivity index (χ1v) is 6.22. The molecule has 3 nitrogen and oxygen atoms in total. The minimum atomic E-state index is 0.389. The summed E-state index contributed by atoms with van der Waals surface area (Å²) in [5.74, 6) is 0.673. The molecule has 0 aromatic heterocycles. The lowest BCUT2D eigenvalue weighted by atomic mass is 10.2. The van der Waals surface area contributed by atoms with Crippen LogP contribution in [0.15, 0.2) is 0 Å². The van der Waals surface area contributed by atoms with Gasteiger partial charge in [0.15, 0.2) is 0 Å². The molecule has 0 aromatic rings. The zero-order valence-corrected chi connectivity index (χ0v) is 10.5. The quantitative estimate of drug-likeness (QED) is 0.628. The maximum atomic E-state index is 5.79. The summed E-state index contributed by atoms with van der Waals surface area (Å²) in [7, 11) is 1.73.